The van der Waals surface area contributed by atoms with Crippen LogP contribution < -0.4 is 5.32 Å². The van der Waals surface area contributed by atoms with Crippen LogP contribution in [-0.4, -0.2) is 39.6 Å². The van der Waals surface area contributed by atoms with Gasteiger partial charge in [-0.15, -0.1) is 0 Å². The quantitative estimate of drug-likeness (QED) is 0.444. The highest BCUT2D eigenvalue weighted by Gasteiger charge is 2.20. The monoisotopic (exact) mass is 438 g/mol. The summed E-state index contributed by atoms with van der Waals surface area (Å²) >= 11 is 0. The number of amides is 2. The van der Waals surface area contributed by atoms with Gasteiger partial charge in [0, 0.05) is 23.7 Å². The Kier molecular flexibility index (Phi) is 6.64. The summed E-state index contributed by atoms with van der Waals surface area (Å²) in [6, 6.07) is 28.7. The summed E-state index contributed by atoms with van der Waals surface area (Å²) < 4.78 is 1.71. The molecule has 33 heavy (non-hydrogen) atoms. The molecule has 0 unspecified atom stereocenters. The molecule has 3 aromatic carbocycles. The lowest BCUT2D eigenvalue weighted by Crippen LogP contribution is -2.38. The van der Waals surface area contributed by atoms with Crippen LogP contribution in [0.1, 0.15) is 22.8 Å². The summed E-state index contributed by atoms with van der Waals surface area (Å²) in [6.07, 6.45) is 0. The maximum Gasteiger partial charge on any atom is 0.254 e. The SMILES string of the molecule is CCN(CC(=O)Nc1cc(-c2ccccc2)nn1-c1ccccc1)C(=O)c1ccccc1C. The zero-order valence-corrected chi connectivity index (χ0v) is 18.7. The average Bonchev–Trinajstić information content (AvgIpc) is 3.27. The predicted octanol–water partition coefficient (Wildman–Crippen LogP) is 4.95. The van der Waals surface area contributed by atoms with E-state index < -0.39 is 0 Å². The van der Waals surface area contributed by atoms with Crippen LogP contribution in [0, 0.1) is 6.92 Å². The molecular formula is C27H26N4O2. The lowest BCUT2D eigenvalue weighted by Gasteiger charge is -2.21. The van der Waals surface area contributed by atoms with Gasteiger partial charge in [0.15, 0.2) is 0 Å². The van der Waals surface area contributed by atoms with Crippen molar-refractivity contribution in [1.82, 2.24) is 14.7 Å². The van der Waals surface area contributed by atoms with Crippen LogP contribution in [0.5, 0.6) is 0 Å². The molecule has 0 fully saturated rings. The van der Waals surface area contributed by atoms with Crippen LogP contribution in [-0.2, 0) is 4.79 Å². The first-order valence-electron chi connectivity index (χ1n) is 10.9. The first-order valence-corrected chi connectivity index (χ1v) is 10.9. The molecule has 0 atom stereocenters. The van der Waals surface area contributed by atoms with Gasteiger partial charge in [0.2, 0.25) is 5.91 Å². The van der Waals surface area contributed by atoms with E-state index in [-0.39, 0.29) is 18.4 Å². The number of nitrogens with zero attached hydrogens (tertiary/aromatic N) is 3. The molecule has 1 heterocycles. The van der Waals surface area contributed by atoms with E-state index in [1.54, 1.807) is 15.6 Å². The van der Waals surface area contributed by atoms with E-state index in [2.05, 4.69) is 5.32 Å². The molecule has 1 N–H and O–H groups in total. The zero-order chi connectivity index (χ0) is 23.2. The normalized spacial score (nSPS) is 10.6. The third-order valence-electron chi connectivity index (χ3n) is 5.43. The number of carbonyl (C=O) groups is 2. The molecule has 0 aliphatic rings. The van der Waals surface area contributed by atoms with Crippen molar-refractivity contribution >= 4 is 17.6 Å². The molecule has 2 amide bonds. The van der Waals surface area contributed by atoms with Crippen molar-refractivity contribution in [2.75, 3.05) is 18.4 Å². The van der Waals surface area contributed by atoms with Gasteiger partial charge in [-0.3, -0.25) is 9.59 Å². The van der Waals surface area contributed by atoms with Crippen molar-refractivity contribution in [3.8, 4) is 16.9 Å². The van der Waals surface area contributed by atoms with E-state index in [0.717, 1.165) is 22.5 Å². The third kappa shape index (κ3) is 5.01. The molecule has 0 aliphatic carbocycles. The Balaban J connectivity index is 1.58. The van der Waals surface area contributed by atoms with Gasteiger partial charge in [-0.05, 0) is 37.6 Å². The third-order valence-corrected chi connectivity index (χ3v) is 5.43. The summed E-state index contributed by atoms with van der Waals surface area (Å²) in [5, 5.41) is 7.67. The Bertz CT molecular complexity index is 1250. The van der Waals surface area contributed by atoms with Gasteiger partial charge >= 0.3 is 0 Å². The van der Waals surface area contributed by atoms with Gasteiger partial charge < -0.3 is 10.2 Å². The van der Waals surface area contributed by atoms with Crippen LogP contribution in [0.25, 0.3) is 16.9 Å². The Morgan fingerprint density at radius 1 is 0.909 bits per heavy atom. The molecule has 0 radical (unpaired) electrons. The highest BCUT2D eigenvalue weighted by molar-refractivity contribution is 6.00. The van der Waals surface area contributed by atoms with E-state index in [1.807, 2.05) is 98.8 Å². The number of aryl methyl sites for hydroxylation is 1. The largest absolute Gasteiger partial charge is 0.330 e. The molecule has 1 aromatic heterocycles. The lowest BCUT2D eigenvalue weighted by atomic mass is 10.1. The van der Waals surface area contributed by atoms with Crippen molar-refractivity contribution in [2.45, 2.75) is 13.8 Å². The van der Waals surface area contributed by atoms with Crippen molar-refractivity contribution in [3.05, 3.63) is 102 Å². The van der Waals surface area contributed by atoms with Crippen molar-refractivity contribution in [1.29, 1.82) is 0 Å². The minimum atomic E-state index is -0.282. The van der Waals surface area contributed by atoms with Crippen LogP contribution in [0.4, 0.5) is 5.82 Å². The number of hydrogen-bond donors (Lipinski definition) is 1. The molecule has 0 bridgehead atoms. The minimum absolute atomic E-state index is 0.0513. The molecule has 166 valence electrons. The van der Waals surface area contributed by atoms with E-state index >= 15 is 0 Å². The zero-order valence-electron chi connectivity index (χ0n) is 18.7. The van der Waals surface area contributed by atoms with Crippen LogP contribution in [0.15, 0.2) is 91.0 Å². The Morgan fingerprint density at radius 3 is 2.21 bits per heavy atom. The second-order valence-electron chi connectivity index (χ2n) is 7.71. The van der Waals surface area contributed by atoms with Gasteiger partial charge in [0.05, 0.1) is 11.4 Å². The summed E-state index contributed by atoms with van der Waals surface area (Å²) in [5.41, 5.74) is 4.02. The lowest BCUT2D eigenvalue weighted by molar-refractivity contribution is -0.116. The number of carbonyl (C=O) groups excluding carboxylic acids is 2. The molecule has 6 nitrogen and oxygen atoms in total. The summed E-state index contributed by atoms with van der Waals surface area (Å²) in [7, 11) is 0. The number of benzene rings is 3. The molecule has 0 aliphatic heterocycles. The van der Waals surface area contributed by atoms with Gasteiger partial charge in [-0.25, -0.2) is 4.68 Å². The van der Waals surface area contributed by atoms with Gasteiger partial charge in [0.25, 0.3) is 5.91 Å². The van der Waals surface area contributed by atoms with Crippen LogP contribution in [0.3, 0.4) is 0 Å². The first kappa shape index (κ1) is 22.0. The smallest absolute Gasteiger partial charge is 0.254 e. The number of nitrogens with one attached hydrogen (secondary N) is 1. The second-order valence-corrected chi connectivity index (χ2v) is 7.71. The van der Waals surface area contributed by atoms with E-state index in [4.69, 9.17) is 5.10 Å². The second kappa shape index (κ2) is 9.96. The number of para-hydroxylation sites is 1. The molecule has 0 spiro atoms. The van der Waals surface area contributed by atoms with Gasteiger partial charge in [-0.1, -0.05) is 66.7 Å². The Hall–Kier alpha value is -4.19. The molecule has 4 aromatic rings. The maximum atomic E-state index is 13.0. The fourth-order valence-electron chi connectivity index (χ4n) is 3.65. The topological polar surface area (TPSA) is 67.2 Å². The van der Waals surface area contributed by atoms with E-state index in [9.17, 15) is 9.59 Å². The average molecular weight is 439 g/mol. The van der Waals surface area contributed by atoms with Crippen molar-refractivity contribution in [2.24, 2.45) is 0 Å². The van der Waals surface area contributed by atoms with Crippen LogP contribution in [0.2, 0.25) is 0 Å². The number of aromatic nitrogens is 2. The number of anilines is 1. The summed E-state index contributed by atoms with van der Waals surface area (Å²) in [6.45, 7) is 4.13. The summed E-state index contributed by atoms with van der Waals surface area (Å²) in [4.78, 5) is 27.5. The first-order chi connectivity index (χ1) is 16.1. The molecule has 6 heteroatoms. The number of rotatable bonds is 7. The van der Waals surface area contributed by atoms with E-state index in [0.29, 0.717) is 17.9 Å². The van der Waals surface area contributed by atoms with Gasteiger partial charge in [-0.2, -0.15) is 5.10 Å². The Labute approximate surface area is 193 Å². The molecule has 0 saturated carbocycles. The highest BCUT2D eigenvalue weighted by Crippen LogP contribution is 2.24. The van der Waals surface area contributed by atoms with Crippen molar-refractivity contribution in [3.63, 3.8) is 0 Å². The molecule has 4 rings (SSSR count). The summed E-state index contributed by atoms with van der Waals surface area (Å²) in [5.74, 6) is 0.104. The van der Waals surface area contributed by atoms with Crippen LogP contribution >= 0.6 is 0 Å². The molecular weight excluding hydrogens is 412 g/mol. The maximum absolute atomic E-state index is 13.0. The fourth-order valence-corrected chi connectivity index (χ4v) is 3.65. The fraction of sp³-hybridized carbons (Fsp3) is 0.148. The van der Waals surface area contributed by atoms with E-state index in [1.165, 1.54) is 0 Å². The molecule has 0 saturated heterocycles. The highest BCUT2D eigenvalue weighted by atomic mass is 16.2. The predicted molar refractivity (Wildman–Crippen MR) is 130 cm³/mol. The number of hydrogen-bond acceptors (Lipinski definition) is 3. The number of likely N-dealkylation sites (N-methyl/N-ethyl adjacent to an activating group) is 1. The minimum Gasteiger partial charge on any atom is -0.330 e. The van der Waals surface area contributed by atoms with Gasteiger partial charge in [0.1, 0.15) is 12.4 Å². The Morgan fingerprint density at radius 2 is 1.55 bits per heavy atom. The van der Waals surface area contributed by atoms with Crippen molar-refractivity contribution < 1.29 is 9.59 Å². The standard InChI is InChI=1S/C27H26N4O2/c1-3-30(27(33)23-17-11-10-12-20(23)2)19-26(32)28-25-18-24(21-13-6-4-7-14-21)29-31(25)22-15-8-5-9-16-22/h4-18H,3,19H2,1-2H3,(H,28,32).